The van der Waals surface area contributed by atoms with Crippen molar-refractivity contribution in [2.24, 2.45) is 0 Å². The fraction of sp³-hybridized carbons (Fsp3) is 0.145. The van der Waals surface area contributed by atoms with Gasteiger partial charge in [0.2, 0.25) is 0 Å². The van der Waals surface area contributed by atoms with E-state index in [9.17, 15) is 10.2 Å². The van der Waals surface area contributed by atoms with Crippen LogP contribution in [-0.2, 0) is 38.9 Å². The monoisotopic (exact) mass is 967 g/mol. The summed E-state index contributed by atoms with van der Waals surface area (Å²) in [7, 11) is 0. The molecule has 0 bridgehead atoms. The van der Waals surface area contributed by atoms with Crippen LogP contribution in [0.15, 0.2) is 152 Å². The first kappa shape index (κ1) is 44.6. The van der Waals surface area contributed by atoms with Gasteiger partial charge in [-0.3, -0.25) is 0 Å². The summed E-state index contributed by atoms with van der Waals surface area (Å²) in [6.07, 6.45) is 1.84. The van der Waals surface area contributed by atoms with Crippen LogP contribution in [0.4, 0.5) is 0 Å². The third kappa shape index (κ3) is 7.90. The molecule has 0 aliphatic carbocycles. The van der Waals surface area contributed by atoms with Gasteiger partial charge in [0.15, 0.2) is 0 Å². The maximum Gasteiger partial charge on any atom is 0.132 e. The van der Waals surface area contributed by atoms with Crippen molar-refractivity contribution in [3.8, 4) is 78.8 Å². The number of hydrogen-bond donors (Lipinski definition) is 2. The molecular formula is C55H53HfN3O2-2. The fourth-order valence-electron chi connectivity index (χ4n) is 8.90. The zero-order valence-corrected chi connectivity index (χ0v) is 39.6. The molecule has 6 aromatic carbocycles. The molecule has 0 aliphatic heterocycles. The van der Waals surface area contributed by atoms with Gasteiger partial charge in [0.05, 0.1) is 22.8 Å². The van der Waals surface area contributed by atoms with E-state index in [0.29, 0.717) is 0 Å². The Hall–Kier alpha value is -5.98. The zero-order valence-electron chi connectivity index (χ0n) is 36.0. The maximum atomic E-state index is 12.3. The maximum absolute atomic E-state index is 12.3. The number of hydrogen-bond acceptors (Lipinski definition) is 3. The molecule has 3 aromatic heterocycles. The summed E-state index contributed by atoms with van der Waals surface area (Å²) in [6, 6.07) is 51.9. The summed E-state index contributed by atoms with van der Waals surface area (Å²) in [5, 5.41) is 26.7. The molecule has 0 fully saturated rings. The second kappa shape index (κ2) is 18.7. The molecule has 0 saturated carbocycles. The average molecular weight is 967 g/mol. The third-order valence-corrected chi connectivity index (χ3v) is 11.3. The Bertz CT molecular complexity index is 2770. The van der Waals surface area contributed by atoms with E-state index >= 15 is 0 Å². The SMILES string of the molecule is CCCn1c(-c2cc(C)cc(-c3ccccc3)c2O)c(-c2cccc(-c3c(-c4cc(C)cc(-c5ccccc5)c4O)n(CCC)c4ccccc34)n2)c2ccccc21.[CH3-].[CH3-].[Hf]. The van der Waals surface area contributed by atoms with Gasteiger partial charge in [-0.05, 0) is 97.5 Å². The van der Waals surface area contributed by atoms with Gasteiger partial charge in [-0.25, -0.2) is 4.98 Å². The summed E-state index contributed by atoms with van der Waals surface area (Å²) in [5.74, 6) is 0.506. The Morgan fingerprint density at radius 2 is 0.820 bits per heavy atom. The molecule has 0 radical (unpaired) electrons. The molecule has 0 amide bonds. The molecular weight excluding hydrogens is 913 g/mol. The van der Waals surface area contributed by atoms with Crippen molar-refractivity contribution in [1.29, 1.82) is 0 Å². The van der Waals surface area contributed by atoms with Crippen LogP contribution in [-0.4, -0.2) is 24.3 Å². The van der Waals surface area contributed by atoms with Crippen molar-refractivity contribution in [2.75, 3.05) is 0 Å². The van der Waals surface area contributed by atoms with Crippen LogP contribution in [0, 0.1) is 28.7 Å². The van der Waals surface area contributed by atoms with Crippen molar-refractivity contribution < 1.29 is 36.1 Å². The average Bonchev–Trinajstić information content (AvgIpc) is 3.75. The molecule has 9 rings (SSSR count). The van der Waals surface area contributed by atoms with E-state index in [1.165, 1.54) is 0 Å². The molecule has 5 nitrogen and oxygen atoms in total. The van der Waals surface area contributed by atoms with E-state index in [1.807, 2.05) is 60.7 Å². The smallest absolute Gasteiger partial charge is 0.132 e. The first-order chi connectivity index (χ1) is 28.4. The number of aromatic nitrogens is 3. The molecule has 0 unspecified atom stereocenters. The molecule has 61 heavy (non-hydrogen) atoms. The number of phenols is 2. The van der Waals surface area contributed by atoms with E-state index in [2.05, 4.69) is 128 Å². The molecule has 0 spiro atoms. The predicted octanol–water partition coefficient (Wildman–Crippen LogP) is 14.7. The second-order valence-corrected chi connectivity index (χ2v) is 15.3. The topological polar surface area (TPSA) is 63.2 Å². The first-order valence-electron chi connectivity index (χ1n) is 20.4. The van der Waals surface area contributed by atoms with E-state index in [1.54, 1.807) is 0 Å². The molecule has 2 N–H and O–H groups in total. The van der Waals surface area contributed by atoms with E-state index in [-0.39, 0.29) is 52.2 Å². The van der Waals surface area contributed by atoms with E-state index < -0.39 is 0 Å². The van der Waals surface area contributed by atoms with Crippen molar-refractivity contribution in [3.63, 3.8) is 0 Å². The van der Waals surface area contributed by atoms with Crippen LogP contribution in [0.3, 0.4) is 0 Å². The Kier molecular flexibility index (Phi) is 13.7. The summed E-state index contributed by atoms with van der Waals surface area (Å²) < 4.78 is 4.72. The van der Waals surface area contributed by atoms with Gasteiger partial charge in [0.1, 0.15) is 11.5 Å². The molecule has 9 aromatic rings. The summed E-state index contributed by atoms with van der Waals surface area (Å²) >= 11 is 0. The van der Waals surface area contributed by atoms with Crippen molar-refractivity contribution in [2.45, 2.75) is 53.6 Å². The summed E-state index contributed by atoms with van der Waals surface area (Å²) in [6.45, 7) is 10.1. The first-order valence-corrected chi connectivity index (χ1v) is 20.4. The fourth-order valence-corrected chi connectivity index (χ4v) is 8.90. The quantitative estimate of drug-likeness (QED) is 0.106. The minimum atomic E-state index is 0. The number of aryl methyl sites for hydroxylation is 4. The molecule has 0 atom stereocenters. The van der Waals surface area contributed by atoms with Crippen molar-refractivity contribution >= 4 is 21.8 Å². The zero-order chi connectivity index (χ0) is 39.9. The molecule has 3 heterocycles. The van der Waals surface area contributed by atoms with Crippen LogP contribution in [0.5, 0.6) is 11.5 Å². The normalized spacial score (nSPS) is 11.0. The Morgan fingerprint density at radius 3 is 1.21 bits per heavy atom. The van der Waals surface area contributed by atoms with Gasteiger partial charge in [0.25, 0.3) is 0 Å². The minimum absolute atomic E-state index is 0. The van der Waals surface area contributed by atoms with Gasteiger partial charge in [-0.2, -0.15) is 0 Å². The molecule has 6 heteroatoms. The number of nitrogens with zero attached hydrogens (tertiary/aromatic N) is 3. The van der Waals surface area contributed by atoms with Gasteiger partial charge < -0.3 is 34.2 Å². The van der Waals surface area contributed by atoms with Crippen molar-refractivity contribution in [1.82, 2.24) is 14.1 Å². The number of phenolic OH excluding ortho intramolecular Hbond substituents is 2. The van der Waals surface area contributed by atoms with Gasteiger partial charge >= 0.3 is 0 Å². The van der Waals surface area contributed by atoms with Gasteiger partial charge in [-0.15, -0.1) is 0 Å². The molecule has 0 saturated heterocycles. The summed E-state index contributed by atoms with van der Waals surface area (Å²) in [5.41, 5.74) is 14.9. The summed E-state index contributed by atoms with van der Waals surface area (Å²) in [4.78, 5) is 5.61. The largest absolute Gasteiger partial charge is 0.507 e. The number of para-hydroxylation sites is 2. The third-order valence-electron chi connectivity index (χ3n) is 11.3. The predicted molar refractivity (Wildman–Crippen MR) is 254 cm³/mol. The number of pyridine rings is 1. The van der Waals surface area contributed by atoms with Crippen molar-refractivity contribution in [3.05, 3.63) is 178 Å². The van der Waals surface area contributed by atoms with Crippen LogP contribution < -0.4 is 0 Å². The number of aromatic hydroxyl groups is 2. The van der Waals surface area contributed by atoms with E-state index in [0.717, 1.165) is 126 Å². The minimum Gasteiger partial charge on any atom is -0.507 e. The van der Waals surface area contributed by atoms with Gasteiger partial charge in [-0.1, -0.05) is 117 Å². The standard InChI is InChI=1S/C53H47N3O2.2CH3.Hf/c1-5-28-55-46-26-15-13-22-38(46)48(50(55)42-32-34(3)30-40(52(42)57)36-18-9-7-10-19-36)44-24-17-25-45(54-44)49-39-23-14-16-27-47(39)56(29-6-2)51(49)43-33-35(4)31-41(53(43)58)37-20-11-8-12-21-37;;;/h7-27,30-33,57-58H,5-6,28-29H2,1-4H3;2*1H3;/q;2*-1;. The van der Waals surface area contributed by atoms with Gasteiger partial charge in [0, 0.05) is 94.1 Å². The van der Waals surface area contributed by atoms with Crippen LogP contribution >= 0.6 is 0 Å². The number of fused-ring (bicyclic) bond motifs is 2. The Labute approximate surface area is 379 Å². The molecule has 306 valence electrons. The Morgan fingerprint density at radius 1 is 0.459 bits per heavy atom. The Balaban J connectivity index is 0.00000207. The van der Waals surface area contributed by atoms with Crippen LogP contribution in [0.25, 0.3) is 89.1 Å². The van der Waals surface area contributed by atoms with Crippen LogP contribution in [0.2, 0.25) is 0 Å². The number of rotatable bonds is 10. The van der Waals surface area contributed by atoms with Crippen LogP contribution in [0.1, 0.15) is 37.8 Å². The van der Waals surface area contributed by atoms with E-state index in [4.69, 9.17) is 4.98 Å². The second-order valence-electron chi connectivity index (χ2n) is 15.3. The number of benzene rings is 6. The molecule has 0 aliphatic rings.